The van der Waals surface area contributed by atoms with Gasteiger partial charge in [0.15, 0.2) is 5.69 Å². The van der Waals surface area contributed by atoms with E-state index in [0.717, 1.165) is 5.69 Å². The summed E-state index contributed by atoms with van der Waals surface area (Å²) in [6.07, 6.45) is 1.87. The number of imidazole rings is 1. The van der Waals surface area contributed by atoms with Crippen molar-refractivity contribution in [2.75, 3.05) is 6.61 Å². The number of hydrogen-bond acceptors (Lipinski definition) is 7. The van der Waals surface area contributed by atoms with E-state index in [0.29, 0.717) is 40.5 Å². The number of benzene rings is 2. The van der Waals surface area contributed by atoms with E-state index in [9.17, 15) is 14.3 Å². The van der Waals surface area contributed by atoms with Crippen LogP contribution in [0.2, 0.25) is 0 Å². The van der Waals surface area contributed by atoms with Gasteiger partial charge in [-0.15, -0.1) is 5.10 Å². The average molecular weight is 449 g/mol. The number of halogens is 1. The highest BCUT2D eigenvalue weighted by Crippen LogP contribution is 2.31. The van der Waals surface area contributed by atoms with Gasteiger partial charge in [-0.1, -0.05) is 11.3 Å². The number of aliphatic hydroxyl groups excluding tert-OH is 1. The number of carbonyl (C=O) groups is 1. The Labute approximate surface area is 188 Å². The van der Waals surface area contributed by atoms with Crippen LogP contribution in [0, 0.1) is 5.82 Å². The number of fused-ring (bicyclic) bond motifs is 5. The summed E-state index contributed by atoms with van der Waals surface area (Å²) in [4.78, 5) is 16.9. The van der Waals surface area contributed by atoms with Crippen molar-refractivity contribution >= 4 is 5.97 Å². The molecule has 33 heavy (non-hydrogen) atoms. The van der Waals surface area contributed by atoms with E-state index in [2.05, 4.69) is 15.3 Å². The molecule has 1 aliphatic rings. The summed E-state index contributed by atoms with van der Waals surface area (Å²) in [6.45, 7) is 1.93. The van der Waals surface area contributed by atoms with Crippen molar-refractivity contribution < 1.29 is 23.8 Å². The molecule has 4 aromatic rings. The van der Waals surface area contributed by atoms with Crippen LogP contribution < -0.4 is 4.74 Å². The molecular weight excluding hydrogens is 429 g/mol. The van der Waals surface area contributed by atoms with Gasteiger partial charge < -0.3 is 14.6 Å². The predicted molar refractivity (Wildman–Crippen MR) is 114 cm³/mol. The fraction of sp³-hybridized carbons (Fsp3) is 0.217. The molecule has 168 valence electrons. The van der Waals surface area contributed by atoms with E-state index in [1.54, 1.807) is 24.0 Å². The third-order valence-corrected chi connectivity index (χ3v) is 5.41. The first-order valence-electron chi connectivity index (χ1n) is 10.4. The molecule has 0 amide bonds. The molecule has 2 aromatic carbocycles. The van der Waals surface area contributed by atoms with Gasteiger partial charge in [-0.05, 0) is 48.9 Å². The molecule has 0 unspecified atom stereocenters. The molecule has 0 radical (unpaired) electrons. The minimum absolute atomic E-state index is 0.0961. The van der Waals surface area contributed by atoms with Gasteiger partial charge in [0.1, 0.15) is 30.2 Å². The fourth-order valence-electron chi connectivity index (χ4n) is 3.82. The highest BCUT2D eigenvalue weighted by Gasteiger charge is 2.29. The number of rotatable bonds is 6. The molecule has 0 aliphatic carbocycles. The molecule has 0 spiro atoms. The van der Waals surface area contributed by atoms with Gasteiger partial charge in [-0.2, -0.15) is 0 Å². The lowest BCUT2D eigenvalue weighted by atomic mass is 10.1. The Morgan fingerprint density at radius 3 is 2.73 bits per heavy atom. The highest BCUT2D eigenvalue weighted by molar-refractivity contribution is 5.89. The van der Waals surface area contributed by atoms with Crippen molar-refractivity contribution in [3.05, 3.63) is 82.9 Å². The number of aliphatic hydroxyl groups is 1. The van der Waals surface area contributed by atoms with Crippen molar-refractivity contribution in [2.45, 2.75) is 26.6 Å². The second-order valence-electron chi connectivity index (χ2n) is 7.43. The third kappa shape index (κ3) is 3.74. The number of hydrogen-bond donors (Lipinski definition) is 1. The Balaban J connectivity index is 1.60. The quantitative estimate of drug-likeness (QED) is 0.398. The Hall–Kier alpha value is -4.05. The highest BCUT2D eigenvalue weighted by atomic mass is 19.1. The summed E-state index contributed by atoms with van der Waals surface area (Å²) in [7, 11) is 0. The van der Waals surface area contributed by atoms with E-state index < -0.39 is 5.97 Å². The smallest absolute Gasteiger partial charge is 0.358 e. The van der Waals surface area contributed by atoms with Crippen LogP contribution in [0.4, 0.5) is 4.39 Å². The first-order chi connectivity index (χ1) is 16.1. The minimum Gasteiger partial charge on any atom is -0.487 e. The Morgan fingerprint density at radius 1 is 1.15 bits per heavy atom. The van der Waals surface area contributed by atoms with Crippen molar-refractivity contribution in [3.63, 3.8) is 0 Å². The molecule has 0 saturated carbocycles. The summed E-state index contributed by atoms with van der Waals surface area (Å²) in [5, 5.41) is 18.3. The van der Waals surface area contributed by atoms with Gasteiger partial charge in [0, 0.05) is 6.42 Å². The maximum atomic E-state index is 13.2. The van der Waals surface area contributed by atoms with E-state index in [1.165, 1.54) is 24.3 Å². The molecule has 10 heteroatoms. The zero-order chi connectivity index (χ0) is 22.9. The van der Waals surface area contributed by atoms with E-state index in [-0.39, 0.29) is 31.3 Å². The summed E-state index contributed by atoms with van der Waals surface area (Å²) < 4.78 is 27.7. The van der Waals surface area contributed by atoms with Gasteiger partial charge in [-0.3, -0.25) is 4.57 Å². The second-order valence-corrected chi connectivity index (χ2v) is 7.43. The summed E-state index contributed by atoms with van der Waals surface area (Å²) in [5.41, 5.74) is 4.24. The van der Waals surface area contributed by atoms with Gasteiger partial charge >= 0.3 is 5.97 Å². The molecule has 0 atom stereocenters. The van der Waals surface area contributed by atoms with Crippen molar-refractivity contribution in [3.8, 4) is 17.1 Å². The lowest BCUT2D eigenvalue weighted by Gasteiger charge is -2.11. The zero-order valence-electron chi connectivity index (χ0n) is 17.7. The van der Waals surface area contributed by atoms with Crippen molar-refractivity contribution in [1.29, 1.82) is 0 Å². The molecule has 2 aromatic heterocycles. The summed E-state index contributed by atoms with van der Waals surface area (Å²) >= 11 is 0. The molecular formula is C23H20FN5O4. The largest absolute Gasteiger partial charge is 0.487 e. The maximum absolute atomic E-state index is 13.2. The van der Waals surface area contributed by atoms with Gasteiger partial charge in [0.2, 0.25) is 0 Å². The standard InChI is InChI=1S/C23H20FN5O4/c1-2-32-23(31)22-21-10-19-17(12-33-16-6-4-15(24)5-7-16)26-27-29(19)20-9-14(11-30)3-8-18(20)28(21)13-25-22/h3-9,13,30H,2,10-12H2,1H3. The Kier molecular flexibility index (Phi) is 5.35. The number of ether oxygens (including phenoxy) is 2. The number of aromatic nitrogens is 5. The Bertz CT molecular complexity index is 1330. The Morgan fingerprint density at radius 2 is 1.97 bits per heavy atom. The van der Waals surface area contributed by atoms with Crippen LogP contribution in [0.5, 0.6) is 5.75 Å². The molecule has 0 bridgehead atoms. The topological polar surface area (TPSA) is 104 Å². The molecule has 9 nitrogen and oxygen atoms in total. The first kappa shape index (κ1) is 20.8. The van der Waals surface area contributed by atoms with Gasteiger partial charge in [0.05, 0.1) is 36.0 Å². The number of esters is 1. The number of carbonyl (C=O) groups excluding carboxylic acids is 1. The molecule has 0 saturated heterocycles. The zero-order valence-corrected chi connectivity index (χ0v) is 17.7. The SMILES string of the molecule is CCOC(=O)c1ncn2c1Cc1c(COc3ccc(F)cc3)nnn1-c1cc(CO)ccc1-2. The van der Waals surface area contributed by atoms with Crippen LogP contribution in [-0.2, 0) is 24.4 Å². The second kappa shape index (κ2) is 8.47. The monoisotopic (exact) mass is 449 g/mol. The van der Waals surface area contributed by atoms with Gasteiger partial charge in [0.25, 0.3) is 0 Å². The predicted octanol–water partition coefficient (Wildman–Crippen LogP) is 2.74. The molecule has 1 N–H and O–H groups in total. The lowest BCUT2D eigenvalue weighted by molar-refractivity contribution is 0.0519. The molecule has 5 rings (SSSR count). The van der Waals surface area contributed by atoms with Crippen LogP contribution in [-0.4, -0.2) is 42.2 Å². The first-order valence-corrected chi connectivity index (χ1v) is 10.4. The van der Waals surface area contributed by atoms with E-state index >= 15 is 0 Å². The number of nitrogens with zero attached hydrogens (tertiary/aromatic N) is 5. The average Bonchev–Trinajstić information content (AvgIpc) is 3.40. The summed E-state index contributed by atoms with van der Waals surface area (Å²) in [5.74, 6) is -0.368. The molecule has 3 heterocycles. The van der Waals surface area contributed by atoms with Crippen LogP contribution in [0.1, 0.15) is 40.1 Å². The van der Waals surface area contributed by atoms with E-state index in [4.69, 9.17) is 9.47 Å². The third-order valence-electron chi connectivity index (χ3n) is 5.41. The maximum Gasteiger partial charge on any atom is 0.358 e. The summed E-state index contributed by atoms with van der Waals surface area (Å²) in [6, 6.07) is 11.2. The van der Waals surface area contributed by atoms with Crippen molar-refractivity contribution in [2.24, 2.45) is 0 Å². The molecule has 0 fully saturated rings. The minimum atomic E-state index is -0.509. The normalized spacial score (nSPS) is 11.8. The van der Waals surface area contributed by atoms with Crippen LogP contribution in [0.3, 0.4) is 0 Å². The van der Waals surface area contributed by atoms with Crippen LogP contribution >= 0.6 is 0 Å². The van der Waals surface area contributed by atoms with Crippen molar-refractivity contribution in [1.82, 2.24) is 24.5 Å². The van der Waals surface area contributed by atoms with Crippen LogP contribution in [0.15, 0.2) is 48.8 Å². The van der Waals surface area contributed by atoms with E-state index in [1.807, 2.05) is 16.7 Å². The molecule has 1 aliphatic heterocycles. The fourth-order valence-corrected chi connectivity index (χ4v) is 3.82. The lowest BCUT2D eigenvalue weighted by Crippen LogP contribution is -2.11. The van der Waals surface area contributed by atoms with Crippen LogP contribution in [0.25, 0.3) is 11.4 Å². The van der Waals surface area contributed by atoms with Gasteiger partial charge in [-0.25, -0.2) is 18.9 Å².